The predicted octanol–water partition coefficient (Wildman–Crippen LogP) is 4.53. The number of rotatable bonds is 5. The Bertz CT molecular complexity index is 892. The van der Waals surface area contributed by atoms with Gasteiger partial charge in [0.05, 0.1) is 6.26 Å². The number of hydrogen-bond acceptors (Lipinski definition) is 4. The fraction of sp³-hybridized carbons (Fsp3) is 0. The molecule has 4 nitrogen and oxygen atoms in total. The molecule has 0 bridgehead atoms. The Morgan fingerprint density at radius 3 is 2.32 bits per heavy atom. The van der Waals surface area contributed by atoms with Crippen LogP contribution in [0.2, 0.25) is 0 Å². The van der Waals surface area contributed by atoms with Crippen molar-refractivity contribution in [2.24, 2.45) is 0 Å². The minimum atomic E-state index is -0.584. The highest BCUT2D eigenvalue weighted by molar-refractivity contribution is 6.06. The van der Waals surface area contributed by atoms with Gasteiger partial charge >= 0.3 is 5.97 Å². The first kappa shape index (κ1) is 16.4. The molecule has 124 valence electrons. The van der Waals surface area contributed by atoms with Crippen molar-refractivity contribution in [2.45, 2.75) is 0 Å². The Balaban J connectivity index is 1.63. The van der Waals surface area contributed by atoms with Crippen molar-refractivity contribution in [2.75, 3.05) is 0 Å². The molecule has 0 radical (unpaired) electrons. The van der Waals surface area contributed by atoms with Gasteiger partial charge in [-0.2, -0.15) is 0 Å². The van der Waals surface area contributed by atoms with Crippen LogP contribution in [-0.2, 0) is 0 Å². The van der Waals surface area contributed by atoms with E-state index in [0.717, 1.165) is 5.56 Å². The van der Waals surface area contributed by atoms with Crippen molar-refractivity contribution in [3.63, 3.8) is 0 Å². The highest BCUT2D eigenvalue weighted by atomic mass is 19.1. The van der Waals surface area contributed by atoms with Crippen molar-refractivity contribution in [3.8, 4) is 5.75 Å². The van der Waals surface area contributed by atoms with Crippen molar-refractivity contribution in [1.82, 2.24) is 0 Å². The monoisotopic (exact) mass is 336 g/mol. The largest absolute Gasteiger partial charge is 0.457 e. The third-order valence-corrected chi connectivity index (χ3v) is 3.37. The normalized spacial score (nSPS) is 10.8. The van der Waals surface area contributed by atoms with Crippen molar-refractivity contribution >= 4 is 17.8 Å². The molecule has 3 aromatic rings. The average molecular weight is 336 g/mol. The van der Waals surface area contributed by atoms with Gasteiger partial charge in [0.1, 0.15) is 11.6 Å². The summed E-state index contributed by atoms with van der Waals surface area (Å²) in [6, 6.07) is 15.1. The highest BCUT2D eigenvalue weighted by Crippen LogP contribution is 2.16. The first-order valence-corrected chi connectivity index (χ1v) is 7.45. The lowest BCUT2D eigenvalue weighted by molar-refractivity contribution is 0.0701. The molecule has 0 atom stereocenters. The molecule has 25 heavy (non-hydrogen) atoms. The molecule has 0 saturated heterocycles. The van der Waals surface area contributed by atoms with E-state index in [2.05, 4.69) is 0 Å². The van der Waals surface area contributed by atoms with E-state index in [1.165, 1.54) is 42.7 Å². The van der Waals surface area contributed by atoms with Crippen molar-refractivity contribution in [1.29, 1.82) is 0 Å². The molecule has 0 aliphatic carbocycles. The summed E-state index contributed by atoms with van der Waals surface area (Å²) in [6.45, 7) is 0. The van der Waals surface area contributed by atoms with Gasteiger partial charge in [-0.25, -0.2) is 9.18 Å². The summed E-state index contributed by atoms with van der Waals surface area (Å²) in [5.74, 6) is -0.717. The summed E-state index contributed by atoms with van der Waals surface area (Å²) in [5, 5.41) is 0. The number of allylic oxidation sites excluding steroid dienone is 1. The van der Waals surface area contributed by atoms with E-state index in [-0.39, 0.29) is 17.4 Å². The van der Waals surface area contributed by atoms with Crippen LogP contribution in [0.5, 0.6) is 5.75 Å². The fourth-order valence-electron chi connectivity index (χ4n) is 2.08. The van der Waals surface area contributed by atoms with Gasteiger partial charge in [0.2, 0.25) is 5.76 Å². The first-order valence-electron chi connectivity index (χ1n) is 7.45. The lowest BCUT2D eigenvalue weighted by Crippen LogP contribution is -2.06. The van der Waals surface area contributed by atoms with Crippen molar-refractivity contribution < 1.29 is 23.1 Å². The fourth-order valence-corrected chi connectivity index (χ4v) is 2.08. The minimum absolute atomic E-state index is 0.119. The zero-order valence-electron chi connectivity index (χ0n) is 13.0. The maximum absolute atomic E-state index is 12.8. The van der Waals surface area contributed by atoms with Gasteiger partial charge in [0.25, 0.3) is 0 Å². The summed E-state index contributed by atoms with van der Waals surface area (Å²) in [5.41, 5.74) is 1.16. The Labute approximate surface area is 143 Å². The van der Waals surface area contributed by atoms with Crippen LogP contribution >= 0.6 is 0 Å². The molecule has 0 saturated carbocycles. The Morgan fingerprint density at radius 2 is 1.68 bits per heavy atom. The number of hydrogen-bond donors (Lipinski definition) is 0. The topological polar surface area (TPSA) is 56.5 Å². The number of ketones is 1. The van der Waals surface area contributed by atoms with Crippen LogP contribution in [0.3, 0.4) is 0 Å². The number of ether oxygens (including phenoxy) is 1. The van der Waals surface area contributed by atoms with Crippen LogP contribution in [0.25, 0.3) is 6.08 Å². The molecule has 0 unspecified atom stereocenters. The van der Waals surface area contributed by atoms with Crippen LogP contribution in [0.4, 0.5) is 4.39 Å². The molecule has 0 aliphatic heterocycles. The summed E-state index contributed by atoms with van der Waals surface area (Å²) in [6.07, 6.45) is 4.42. The van der Waals surface area contributed by atoms with E-state index in [1.807, 2.05) is 0 Å². The summed E-state index contributed by atoms with van der Waals surface area (Å²) >= 11 is 0. The quantitative estimate of drug-likeness (QED) is 0.297. The molecule has 0 N–H and O–H groups in total. The molecular weight excluding hydrogens is 323 g/mol. The molecular formula is C20H13FO4. The second-order valence-electron chi connectivity index (χ2n) is 5.14. The molecule has 3 rings (SSSR count). The van der Waals surface area contributed by atoms with Gasteiger partial charge in [-0.05, 0) is 60.2 Å². The smallest absolute Gasteiger partial charge is 0.379 e. The number of furan rings is 1. The molecule has 0 amide bonds. The van der Waals surface area contributed by atoms with E-state index in [9.17, 15) is 14.0 Å². The second kappa shape index (κ2) is 7.40. The zero-order chi connectivity index (χ0) is 17.6. The molecule has 0 fully saturated rings. The summed E-state index contributed by atoms with van der Waals surface area (Å²) < 4.78 is 23.0. The Morgan fingerprint density at radius 1 is 0.960 bits per heavy atom. The number of halogens is 1. The number of carbonyl (C=O) groups is 2. The van der Waals surface area contributed by atoms with E-state index in [4.69, 9.17) is 9.15 Å². The Hall–Kier alpha value is -3.47. The van der Waals surface area contributed by atoms with Gasteiger partial charge in [0, 0.05) is 5.56 Å². The van der Waals surface area contributed by atoms with Crippen LogP contribution in [0.1, 0.15) is 26.5 Å². The van der Waals surface area contributed by atoms with Crippen LogP contribution < -0.4 is 4.74 Å². The van der Waals surface area contributed by atoms with Gasteiger partial charge in [-0.1, -0.05) is 18.2 Å². The number of esters is 1. The summed E-state index contributed by atoms with van der Waals surface area (Å²) in [4.78, 5) is 23.7. The van der Waals surface area contributed by atoms with Gasteiger partial charge in [0.15, 0.2) is 5.78 Å². The second-order valence-corrected chi connectivity index (χ2v) is 5.14. The van der Waals surface area contributed by atoms with Crippen LogP contribution in [0.15, 0.2) is 77.4 Å². The standard InChI is InChI=1S/C20H13FO4/c21-16-8-6-15(7-9-16)18(22)12-5-14-3-10-17(11-4-14)25-20(23)19-2-1-13-24-19/h1-13H. The number of benzene rings is 2. The molecule has 0 spiro atoms. The van der Waals surface area contributed by atoms with E-state index < -0.39 is 5.97 Å². The molecule has 1 heterocycles. The maximum atomic E-state index is 12.8. The maximum Gasteiger partial charge on any atom is 0.379 e. The Kier molecular flexibility index (Phi) is 4.85. The van der Waals surface area contributed by atoms with E-state index in [1.54, 1.807) is 36.4 Å². The van der Waals surface area contributed by atoms with Crippen LogP contribution in [-0.4, -0.2) is 11.8 Å². The van der Waals surface area contributed by atoms with E-state index >= 15 is 0 Å². The van der Waals surface area contributed by atoms with Gasteiger partial charge in [-0.3, -0.25) is 4.79 Å². The molecule has 5 heteroatoms. The van der Waals surface area contributed by atoms with Gasteiger partial charge in [-0.15, -0.1) is 0 Å². The molecule has 0 aliphatic rings. The SMILES string of the molecule is O=C(C=Cc1ccc(OC(=O)c2ccco2)cc1)c1ccc(F)cc1. The molecule has 1 aromatic heterocycles. The van der Waals surface area contributed by atoms with Gasteiger partial charge < -0.3 is 9.15 Å². The van der Waals surface area contributed by atoms with E-state index in [0.29, 0.717) is 11.3 Å². The highest BCUT2D eigenvalue weighted by Gasteiger charge is 2.10. The number of carbonyl (C=O) groups excluding carboxylic acids is 2. The zero-order valence-corrected chi connectivity index (χ0v) is 13.0. The first-order chi connectivity index (χ1) is 12.1. The lowest BCUT2D eigenvalue weighted by atomic mass is 10.1. The molecule has 2 aromatic carbocycles. The average Bonchev–Trinajstić information content (AvgIpc) is 3.16. The predicted molar refractivity (Wildman–Crippen MR) is 89.9 cm³/mol. The van der Waals surface area contributed by atoms with Crippen molar-refractivity contribution in [3.05, 3.63) is 95.7 Å². The minimum Gasteiger partial charge on any atom is -0.457 e. The lowest BCUT2D eigenvalue weighted by Gasteiger charge is -2.02. The van der Waals surface area contributed by atoms with Crippen LogP contribution in [0, 0.1) is 5.82 Å². The third-order valence-electron chi connectivity index (χ3n) is 3.37. The third kappa shape index (κ3) is 4.29. The summed E-state index contributed by atoms with van der Waals surface area (Å²) in [7, 11) is 0.